The SMILES string of the molecule is COc1ccc2cc(CN(C)C(=O)CN(C)Cc3ccccc3C)ccc2c1. The Labute approximate surface area is 167 Å². The van der Waals surface area contributed by atoms with Crippen molar-refractivity contribution in [3.63, 3.8) is 0 Å². The molecular formula is C24H28N2O2. The first-order valence-electron chi connectivity index (χ1n) is 9.50. The van der Waals surface area contributed by atoms with E-state index in [0.29, 0.717) is 13.1 Å². The summed E-state index contributed by atoms with van der Waals surface area (Å²) in [7, 11) is 5.52. The number of carbonyl (C=O) groups excluding carboxylic acids is 1. The molecule has 0 aliphatic rings. The molecule has 3 rings (SSSR count). The fourth-order valence-electron chi connectivity index (χ4n) is 3.35. The van der Waals surface area contributed by atoms with Crippen LogP contribution in [0, 0.1) is 6.92 Å². The van der Waals surface area contributed by atoms with Gasteiger partial charge in [0.2, 0.25) is 5.91 Å². The van der Waals surface area contributed by atoms with Crippen LogP contribution in [0.25, 0.3) is 10.8 Å². The zero-order valence-corrected chi connectivity index (χ0v) is 17.1. The quantitative estimate of drug-likeness (QED) is 0.618. The summed E-state index contributed by atoms with van der Waals surface area (Å²) >= 11 is 0. The number of nitrogens with zero attached hydrogens (tertiary/aromatic N) is 2. The van der Waals surface area contributed by atoms with E-state index in [4.69, 9.17) is 4.74 Å². The Balaban J connectivity index is 1.60. The maximum atomic E-state index is 12.6. The molecule has 0 fully saturated rings. The van der Waals surface area contributed by atoms with E-state index >= 15 is 0 Å². The molecule has 0 spiro atoms. The van der Waals surface area contributed by atoms with E-state index in [9.17, 15) is 4.79 Å². The van der Waals surface area contributed by atoms with Crippen LogP contribution in [0.3, 0.4) is 0 Å². The molecule has 0 aromatic heterocycles. The predicted molar refractivity (Wildman–Crippen MR) is 114 cm³/mol. The maximum Gasteiger partial charge on any atom is 0.236 e. The van der Waals surface area contributed by atoms with E-state index in [0.717, 1.165) is 28.6 Å². The average molecular weight is 377 g/mol. The van der Waals surface area contributed by atoms with Gasteiger partial charge < -0.3 is 9.64 Å². The number of hydrogen-bond donors (Lipinski definition) is 0. The molecule has 0 heterocycles. The number of amides is 1. The summed E-state index contributed by atoms with van der Waals surface area (Å²) in [6.07, 6.45) is 0. The Kier molecular flexibility index (Phi) is 6.32. The van der Waals surface area contributed by atoms with Crippen molar-refractivity contribution in [2.45, 2.75) is 20.0 Å². The number of benzene rings is 3. The van der Waals surface area contributed by atoms with E-state index in [-0.39, 0.29) is 5.91 Å². The lowest BCUT2D eigenvalue weighted by Gasteiger charge is -2.22. The largest absolute Gasteiger partial charge is 0.497 e. The Hall–Kier alpha value is -2.85. The standard InChI is InChI=1S/C24H28N2O2/c1-18-7-5-6-8-22(18)16-25(2)17-24(27)26(3)15-19-9-10-21-14-23(28-4)12-11-20(21)13-19/h5-14H,15-17H2,1-4H3. The summed E-state index contributed by atoms with van der Waals surface area (Å²) in [5, 5.41) is 2.28. The third-order valence-corrected chi connectivity index (χ3v) is 5.06. The Morgan fingerprint density at radius 3 is 2.39 bits per heavy atom. The predicted octanol–water partition coefficient (Wildman–Crippen LogP) is 4.25. The molecule has 0 aliphatic heterocycles. The summed E-state index contributed by atoms with van der Waals surface area (Å²) in [5.41, 5.74) is 3.63. The van der Waals surface area contributed by atoms with E-state index in [1.807, 2.05) is 38.4 Å². The van der Waals surface area contributed by atoms with E-state index < -0.39 is 0 Å². The number of carbonyl (C=O) groups is 1. The lowest BCUT2D eigenvalue weighted by Crippen LogP contribution is -2.36. The minimum absolute atomic E-state index is 0.117. The van der Waals surface area contributed by atoms with Gasteiger partial charge in [-0.05, 0) is 59.6 Å². The van der Waals surface area contributed by atoms with Crippen LogP contribution in [-0.4, -0.2) is 43.5 Å². The third kappa shape index (κ3) is 4.90. The van der Waals surface area contributed by atoms with Crippen LogP contribution in [-0.2, 0) is 17.9 Å². The highest BCUT2D eigenvalue weighted by Crippen LogP contribution is 2.22. The molecule has 3 aromatic rings. The minimum Gasteiger partial charge on any atom is -0.497 e. The molecule has 0 saturated carbocycles. The fourth-order valence-corrected chi connectivity index (χ4v) is 3.35. The molecule has 4 heteroatoms. The smallest absolute Gasteiger partial charge is 0.236 e. The Bertz CT molecular complexity index is 968. The van der Waals surface area contributed by atoms with Crippen molar-refractivity contribution in [1.82, 2.24) is 9.80 Å². The summed E-state index contributed by atoms with van der Waals surface area (Å²) in [5.74, 6) is 0.968. The highest BCUT2D eigenvalue weighted by molar-refractivity contribution is 5.84. The second-order valence-electron chi connectivity index (χ2n) is 7.40. The molecule has 0 unspecified atom stereocenters. The van der Waals surface area contributed by atoms with Crippen LogP contribution in [0.4, 0.5) is 0 Å². The summed E-state index contributed by atoms with van der Waals surface area (Å²) in [4.78, 5) is 16.5. The number of ether oxygens (including phenoxy) is 1. The van der Waals surface area contributed by atoms with Gasteiger partial charge in [-0.25, -0.2) is 0 Å². The number of methoxy groups -OCH3 is 1. The zero-order chi connectivity index (χ0) is 20.1. The number of hydrogen-bond acceptors (Lipinski definition) is 3. The first kappa shape index (κ1) is 19.9. The summed E-state index contributed by atoms with van der Waals surface area (Å²) in [6.45, 7) is 3.87. The number of aryl methyl sites for hydroxylation is 1. The molecule has 1 amide bonds. The second-order valence-corrected chi connectivity index (χ2v) is 7.40. The van der Waals surface area contributed by atoms with Gasteiger partial charge in [-0.1, -0.05) is 42.5 Å². The van der Waals surface area contributed by atoms with Gasteiger partial charge in [0.1, 0.15) is 5.75 Å². The van der Waals surface area contributed by atoms with E-state index in [2.05, 4.69) is 48.2 Å². The monoisotopic (exact) mass is 376 g/mol. The average Bonchev–Trinajstić information content (AvgIpc) is 2.69. The van der Waals surface area contributed by atoms with Crippen molar-refractivity contribution in [2.24, 2.45) is 0 Å². The van der Waals surface area contributed by atoms with Gasteiger partial charge in [0.25, 0.3) is 0 Å². The molecule has 146 valence electrons. The summed E-state index contributed by atoms with van der Waals surface area (Å²) in [6, 6.07) is 20.6. The molecule has 0 radical (unpaired) electrons. The van der Waals surface area contributed by atoms with Crippen molar-refractivity contribution in [3.8, 4) is 5.75 Å². The van der Waals surface area contributed by atoms with E-state index in [1.165, 1.54) is 11.1 Å². The highest BCUT2D eigenvalue weighted by Gasteiger charge is 2.13. The van der Waals surface area contributed by atoms with Crippen LogP contribution in [0.2, 0.25) is 0 Å². The number of rotatable bonds is 7. The van der Waals surface area contributed by atoms with Gasteiger partial charge in [-0.3, -0.25) is 9.69 Å². The van der Waals surface area contributed by atoms with Gasteiger partial charge in [-0.2, -0.15) is 0 Å². The van der Waals surface area contributed by atoms with Crippen LogP contribution < -0.4 is 4.74 Å². The molecule has 0 N–H and O–H groups in total. The lowest BCUT2D eigenvalue weighted by atomic mass is 10.1. The van der Waals surface area contributed by atoms with Crippen molar-refractivity contribution < 1.29 is 9.53 Å². The van der Waals surface area contributed by atoms with Crippen LogP contribution >= 0.6 is 0 Å². The molecule has 0 saturated heterocycles. The Morgan fingerprint density at radius 2 is 1.64 bits per heavy atom. The van der Waals surface area contributed by atoms with Crippen molar-refractivity contribution in [1.29, 1.82) is 0 Å². The first-order chi connectivity index (χ1) is 13.5. The maximum absolute atomic E-state index is 12.6. The molecule has 4 nitrogen and oxygen atoms in total. The number of fused-ring (bicyclic) bond motifs is 1. The zero-order valence-electron chi connectivity index (χ0n) is 17.1. The molecular weight excluding hydrogens is 348 g/mol. The third-order valence-electron chi connectivity index (χ3n) is 5.06. The molecule has 0 bridgehead atoms. The molecule has 0 aliphatic carbocycles. The highest BCUT2D eigenvalue weighted by atomic mass is 16.5. The van der Waals surface area contributed by atoms with Crippen molar-refractivity contribution in [3.05, 3.63) is 77.4 Å². The van der Waals surface area contributed by atoms with E-state index in [1.54, 1.807) is 12.0 Å². The molecule has 0 atom stereocenters. The van der Waals surface area contributed by atoms with Crippen LogP contribution in [0.15, 0.2) is 60.7 Å². The van der Waals surface area contributed by atoms with Gasteiger partial charge in [0.15, 0.2) is 0 Å². The minimum atomic E-state index is 0.117. The van der Waals surface area contributed by atoms with Crippen LogP contribution in [0.5, 0.6) is 5.75 Å². The first-order valence-corrected chi connectivity index (χ1v) is 9.50. The van der Waals surface area contributed by atoms with Gasteiger partial charge in [0.05, 0.1) is 13.7 Å². The topological polar surface area (TPSA) is 32.8 Å². The van der Waals surface area contributed by atoms with Crippen molar-refractivity contribution in [2.75, 3.05) is 27.7 Å². The van der Waals surface area contributed by atoms with Gasteiger partial charge in [-0.15, -0.1) is 0 Å². The van der Waals surface area contributed by atoms with Gasteiger partial charge >= 0.3 is 0 Å². The van der Waals surface area contributed by atoms with Gasteiger partial charge in [0, 0.05) is 20.1 Å². The number of likely N-dealkylation sites (N-methyl/N-ethyl adjacent to an activating group) is 2. The normalized spacial score (nSPS) is 11.0. The second kappa shape index (κ2) is 8.89. The molecule has 3 aromatic carbocycles. The lowest BCUT2D eigenvalue weighted by molar-refractivity contribution is -0.131. The van der Waals surface area contributed by atoms with Crippen LogP contribution in [0.1, 0.15) is 16.7 Å². The Morgan fingerprint density at radius 1 is 0.929 bits per heavy atom. The summed E-state index contributed by atoms with van der Waals surface area (Å²) < 4.78 is 5.28. The molecule has 28 heavy (non-hydrogen) atoms. The fraction of sp³-hybridized carbons (Fsp3) is 0.292. The van der Waals surface area contributed by atoms with Crippen molar-refractivity contribution >= 4 is 16.7 Å².